The van der Waals surface area contributed by atoms with E-state index in [1.54, 1.807) is 21.0 Å². The number of halogens is 2. The average molecular weight is 547 g/mol. The fourth-order valence-electron chi connectivity index (χ4n) is 3.97. The summed E-state index contributed by atoms with van der Waals surface area (Å²) >= 11 is 6.32. The Labute approximate surface area is 222 Å². The van der Waals surface area contributed by atoms with E-state index < -0.39 is 16.6 Å². The smallest absolute Gasteiger partial charge is 0.229 e. The Morgan fingerprint density at radius 3 is 2.54 bits per heavy atom. The summed E-state index contributed by atoms with van der Waals surface area (Å²) in [6.07, 6.45) is 1.44. The number of nitrogens with zero attached hydrogens (tertiary/aromatic N) is 4. The Hall–Kier alpha value is -3.44. The molecular weight excluding hydrogens is 519 g/mol. The van der Waals surface area contributed by atoms with E-state index in [4.69, 9.17) is 16.3 Å². The molecule has 0 aliphatic carbocycles. The first kappa shape index (κ1) is 26.6. The molecule has 1 saturated heterocycles. The van der Waals surface area contributed by atoms with Crippen LogP contribution in [0.3, 0.4) is 0 Å². The predicted octanol–water partition coefficient (Wildman–Crippen LogP) is 4.56. The normalized spacial score (nSPS) is 14.3. The topological polar surface area (TPSA) is 99.7 Å². The lowest BCUT2D eigenvalue weighted by Gasteiger charge is -2.35. The first-order valence-electron chi connectivity index (χ1n) is 11.7. The minimum Gasteiger partial charge on any atom is -0.494 e. The second-order valence-corrected chi connectivity index (χ2v) is 10.4. The van der Waals surface area contributed by atoms with E-state index in [-0.39, 0.29) is 22.7 Å². The summed E-state index contributed by atoms with van der Waals surface area (Å²) in [5.74, 6) is 1.08. The van der Waals surface area contributed by atoms with E-state index in [0.29, 0.717) is 40.9 Å². The lowest BCUT2D eigenvalue weighted by atomic mass is 10.2. The van der Waals surface area contributed by atoms with Gasteiger partial charge in [-0.2, -0.15) is 4.98 Å². The minimum atomic E-state index is -1.39. The van der Waals surface area contributed by atoms with E-state index in [1.165, 1.54) is 24.4 Å². The maximum absolute atomic E-state index is 13.8. The molecule has 196 valence electrons. The highest BCUT2D eigenvalue weighted by Crippen LogP contribution is 2.33. The molecule has 4 rings (SSSR count). The number of aromatic nitrogens is 2. The van der Waals surface area contributed by atoms with E-state index in [9.17, 15) is 13.4 Å². The number of carbonyl (C=O) groups excluding carboxylic acids is 1. The van der Waals surface area contributed by atoms with Crippen molar-refractivity contribution < 1.29 is 18.1 Å². The Bertz CT molecular complexity index is 1320. The Morgan fingerprint density at radius 2 is 1.86 bits per heavy atom. The Kier molecular flexibility index (Phi) is 8.45. The quantitative estimate of drug-likeness (QED) is 0.424. The van der Waals surface area contributed by atoms with Gasteiger partial charge in [0.25, 0.3) is 0 Å². The maximum atomic E-state index is 13.8. The Balaban J connectivity index is 1.54. The monoisotopic (exact) mass is 546 g/mol. The van der Waals surface area contributed by atoms with Crippen LogP contribution in [0.25, 0.3) is 0 Å². The largest absolute Gasteiger partial charge is 0.494 e. The van der Waals surface area contributed by atoms with E-state index >= 15 is 0 Å². The standard InChI is InChI=1S/C25H28ClFN6O3S/c1-4-37(35)23-13-17(27)5-7-21(23)29-24-19(26)15-28-25(31-24)30-20-8-6-18(14-22(20)36-3)33-11-9-32(10-12-33)16(2)34/h5-8,13-15H,4,9-12H2,1-3H3,(H2,28,29,30,31). The van der Waals surface area contributed by atoms with Crippen molar-refractivity contribution in [2.45, 2.75) is 18.7 Å². The third-order valence-electron chi connectivity index (χ3n) is 5.97. The van der Waals surface area contributed by atoms with Gasteiger partial charge in [0, 0.05) is 50.6 Å². The van der Waals surface area contributed by atoms with Crippen molar-refractivity contribution >= 4 is 57.1 Å². The molecule has 1 aliphatic heterocycles. The number of carbonyl (C=O) groups is 1. The van der Waals surface area contributed by atoms with Crippen molar-refractivity contribution in [3.63, 3.8) is 0 Å². The van der Waals surface area contributed by atoms with Crippen LogP contribution >= 0.6 is 11.6 Å². The van der Waals surface area contributed by atoms with Crippen LogP contribution in [0.15, 0.2) is 47.5 Å². The Morgan fingerprint density at radius 1 is 1.14 bits per heavy atom. The maximum Gasteiger partial charge on any atom is 0.229 e. The molecule has 2 N–H and O–H groups in total. The molecule has 0 saturated carbocycles. The highest BCUT2D eigenvalue weighted by molar-refractivity contribution is 7.85. The molecule has 0 bridgehead atoms. The van der Waals surface area contributed by atoms with Crippen LogP contribution in [-0.2, 0) is 15.6 Å². The third-order valence-corrected chi connectivity index (χ3v) is 7.60. The minimum absolute atomic E-state index is 0.0860. The van der Waals surface area contributed by atoms with Crippen molar-refractivity contribution in [3.8, 4) is 5.75 Å². The van der Waals surface area contributed by atoms with Crippen molar-refractivity contribution in [2.24, 2.45) is 0 Å². The van der Waals surface area contributed by atoms with Gasteiger partial charge in [-0.15, -0.1) is 0 Å². The molecule has 1 fully saturated rings. The molecule has 0 spiro atoms. The van der Waals surface area contributed by atoms with Crippen LogP contribution in [0, 0.1) is 5.82 Å². The van der Waals surface area contributed by atoms with Crippen LogP contribution in [0.2, 0.25) is 5.02 Å². The summed E-state index contributed by atoms with van der Waals surface area (Å²) < 4.78 is 31.8. The summed E-state index contributed by atoms with van der Waals surface area (Å²) in [6, 6.07) is 9.78. The molecular formula is C25H28ClFN6O3S. The second kappa shape index (κ2) is 11.7. The molecule has 1 atom stereocenters. The number of ether oxygens (including phenoxy) is 1. The number of hydrogen-bond donors (Lipinski definition) is 2. The molecule has 1 aliphatic rings. The zero-order valence-electron chi connectivity index (χ0n) is 20.8. The number of nitrogens with one attached hydrogen (secondary N) is 2. The molecule has 9 nitrogen and oxygen atoms in total. The zero-order chi connectivity index (χ0) is 26.5. The van der Waals surface area contributed by atoms with E-state index in [0.717, 1.165) is 18.8 Å². The lowest BCUT2D eigenvalue weighted by molar-refractivity contribution is -0.129. The molecule has 2 aromatic carbocycles. The van der Waals surface area contributed by atoms with Gasteiger partial charge in [0.15, 0.2) is 5.82 Å². The summed E-state index contributed by atoms with van der Waals surface area (Å²) in [7, 11) is 0.194. The lowest BCUT2D eigenvalue weighted by Crippen LogP contribution is -2.48. The number of piperazine rings is 1. The predicted molar refractivity (Wildman–Crippen MR) is 144 cm³/mol. The van der Waals surface area contributed by atoms with Gasteiger partial charge in [-0.25, -0.2) is 9.37 Å². The molecule has 37 heavy (non-hydrogen) atoms. The summed E-state index contributed by atoms with van der Waals surface area (Å²) in [6.45, 7) is 6.16. The summed E-state index contributed by atoms with van der Waals surface area (Å²) in [4.78, 5) is 24.7. The second-order valence-electron chi connectivity index (χ2n) is 8.29. The van der Waals surface area contributed by atoms with Crippen molar-refractivity contribution in [2.75, 3.05) is 54.6 Å². The SMILES string of the molecule is CCS(=O)c1cc(F)ccc1Nc1nc(Nc2ccc(N3CCN(C(C)=O)CC3)cc2OC)ncc1Cl. The molecule has 1 amide bonds. The fraction of sp³-hybridized carbons (Fsp3) is 0.320. The van der Waals surface area contributed by atoms with Crippen molar-refractivity contribution in [1.29, 1.82) is 0 Å². The van der Waals surface area contributed by atoms with Gasteiger partial charge in [-0.3, -0.25) is 9.00 Å². The molecule has 0 radical (unpaired) electrons. The number of anilines is 5. The van der Waals surface area contributed by atoms with Crippen LogP contribution in [-0.4, -0.2) is 64.0 Å². The van der Waals surface area contributed by atoms with Gasteiger partial charge >= 0.3 is 0 Å². The number of benzene rings is 2. The van der Waals surface area contributed by atoms with Crippen LogP contribution in [0.4, 0.5) is 33.2 Å². The first-order chi connectivity index (χ1) is 17.8. The average Bonchev–Trinajstić information content (AvgIpc) is 2.91. The molecule has 3 aromatic rings. The van der Waals surface area contributed by atoms with Gasteiger partial charge in [-0.05, 0) is 30.3 Å². The van der Waals surface area contributed by atoms with Crippen LogP contribution in [0.1, 0.15) is 13.8 Å². The van der Waals surface area contributed by atoms with Gasteiger partial charge in [0.05, 0.1) is 40.4 Å². The van der Waals surface area contributed by atoms with E-state index in [1.807, 2.05) is 23.1 Å². The highest BCUT2D eigenvalue weighted by atomic mass is 35.5. The summed E-state index contributed by atoms with van der Waals surface area (Å²) in [5.41, 5.74) is 2.08. The number of hydrogen-bond acceptors (Lipinski definition) is 8. The molecule has 1 unspecified atom stereocenters. The van der Waals surface area contributed by atoms with E-state index in [2.05, 4.69) is 25.5 Å². The van der Waals surface area contributed by atoms with Crippen molar-refractivity contribution in [1.82, 2.24) is 14.9 Å². The molecule has 2 heterocycles. The third kappa shape index (κ3) is 6.28. The number of rotatable bonds is 8. The molecule has 12 heteroatoms. The highest BCUT2D eigenvalue weighted by Gasteiger charge is 2.20. The van der Waals surface area contributed by atoms with Crippen LogP contribution in [0.5, 0.6) is 5.75 Å². The fourth-order valence-corrected chi connectivity index (χ4v) is 5.02. The molecule has 1 aromatic heterocycles. The summed E-state index contributed by atoms with van der Waals surface area (Å²) in [5, 5.41) is 6.45. The first-order valence-corrected chi connectivity index (χ1v) is 13.4. The number of methoxy groups -OCH3 is 1. The number of amides is 1. The van der Waals surface area contributed by atoms with Crippen LogP contribution < -0.4 is 20.3 Å². The van der Waals surface area contributed by atoms with Gasteiger partial charge in [0.1, 0.15) is 16.6 Å². The zero-order valence-corrected chi connectivity index (χ0v) is 22.3. The van der Waals surface area contributed by atoms with Crippen molar-refractivity contribution in [3.05, 3.63) is 53.4 Å². The van der Waals surface area contributed by atoms with Gasteiger partial charge < -0.3 is 25.2 Å². The van der Waals surface area contributed by atoms with Gasteiger partial charge in [0.2, 0.25) is 11.9 Å². The van der Waals surface area contributed by atoms with Gasteiger partial charge in [-0.1, -0.05) is 18.5 Å².